The molecule has 64 heavy (non-hydrogen) atoms. The van der Waals surface area contributed by atoms with Gasteiger partial charge >= 0.3 is 5.97 Å². The van der Waals surface area contributed by atoms with Crippen molar-refractivity contribution in [1.82, 2.24) is 29.8 Å². The number of aromatic carboxylic acids is 1. The Morgan fingerprint density at radius 2 is 1.34 bits per heavy atom. The number of benzene rings is 6. The number of hydrogen-bond donors (Lipinski definition) is 1. The van der Waals surface area contributed by atoms with Gasteiger partial charge in [0.1, 0.15) is 18.2 Å². The van der Waals surface area contributed by atoms with Crippen LogP contribution in [0.25, 0.3) is 44.2 Å². The summed E-state index contributed by atoms with van der Waals surface area (Å²) in [5.74, 6) is 0.949. The second-order valence-electron chi connectivity index (χ2n) is 16.2. The van der Waals surface area contributed by atoms with Crippen molar-refractivity contribution in [3.63, 3.8) is 0 Å². The monoisotopic (exact) mass is 860 g/mol. The zero-order valence-electron chi connectivity index (χ0n) is 35.2. The lowest BCUT2D eigenvalue weighted by Gasteiger charge is -2.34. The molecule has 1 N–H and O–H groups in total. The van der Waals surface area contributed by atoms with Gasteiger partial charge in [0.2, 0.25) is 5.82 Å². The lowest BCUT2D eigenvalue weighted by molar-refractivity contribution is 0.0693. The molecule has 6 aromatic carbocycles. The molecule has 1 aliphatic rings. The van der Waals surface area contributed by atoms with E-state index < -0.39 is 11.5 Å². The molecule has 1 fully saturated rings. The van der Waals surface area contributed by atoms with Gasteiger partial charge in [0.05, 0.1) is 21.5 Å². The van der Waals surface area contributed by atoms with Crippen molar-refractivity contribution in [2.75, 3.05) is 0 Å². The number of imidazole rings is 1. The molecule has 3 aromatic heterocycles. The van der Waals surface area contributed by atoms with Crippen molar-refractivity contribution in [3.8, 4) is 39.0 Å². The molecule has 0 unspecified atom stereocenters. The highest BCUT2D eigenvalue weighted by Crippen LogP contribution is 2.41. The number of carboxylic acid groups (broad SMARTS) is 1. The molecule has 0 saturated heterocycles. The van der Waals surface area contributed by atoms with Crippen LogP contribution in [0.1, 0.15) is 87.4 Å². The number of nitrogens with zero attached hydrogens (tertiary/aromatic N) is 6. The number of carbonyl (C=O) groups is 2. The first-order valence-corrected chi connectivity index (χ1v) is 22.4. The summed E-state index contributed by atoms with van der Waals surface area (Å²) in [4.78, 5) is 32.7. The van der Waals surface area contributed by atoms with Crippen LogP contribution in [0, 0.1) is 0 Å². The number of Topliss-reactive ketones (excluding diaryl/α,β-unsaturated/α-hetero) is 1. The predicted octanol–water partition coefficient (Wildman–Crippen LogP) is 11.9. The molecule has 0 spiro atoms. The van der Waals surface area contributed by atoms with E-state index in [9.17, 15) is 14.7 Å². The van der Waals surface area contributed by atoms with Crippen molar-refractivity contribution >= 4 is 34.1 Å². The van der Waals surface area contributed by atoms with Crippen molar-refractivity contribution < 1.29 is 19.4 Å². The zero-order chi connectivity index (χ0) is 43.6. The Morgan fingerprint density at radius 3 is 1.95 bits per heavy atom. The maximum Gasteiger partial charge on any atom is 0.336 e. The van der Waals surface area contributed by atoms with Crippen LogP contribution < -0.4 is 4.74 Å². The fraction of sp³-hybridized carbons (Fsp3) is 0.170. The summed E-state index contributed by atoms with van der Waals surface area (Å²) in [5.41, 5.74) is 7.35. The SMILES string of the molecule is CC(=O)c1ccc(-c2ccc(C(=O)O)c(COc3ccc(-c4nc5cc(-c6nnn(C(c7ccccc7)(c7ccccc7)c7ccccc7)n6)ccc5n4C4CCCCC4)cc3)c2)s1. The van der Waals surface area contributed by atoms with E-state index in [0.717, 1.165) is 80.8 Å². The number of tetrazole rings is 1. The molecule has 0 amide bonds. The highest BCUT2D eigenvalue weighted by atomic mass is 32.1. The van der Waals surface area contributed by atoms with Gasteiger partial charge in [-0.3, -0.25) is 4.79 Å². The standard InChI is InChI=1S/C53H44N6O4S/c1-35(60)48-30-31-49(64-48)37-24-28-45(52(61)62)39(32-37)34-63-44-26-22-36(23-27-44)51-54-46-33-38(25-29-47(46)58(51)43-20-12-5-13-21-43)50-55-57-59(56-50)53(40-14-6-2-7-15-40,41-16-8-3-9-17-41)42-18-10-4-11-19-42/h2-4,6-11,14-19,22-33,43H,5,12-13,20-21,34H2,1H3,(H,61,62). The van der Waals surface area contributed by atoms with Crippen molar-refractivity contribution in [2.24, 2.45) is 0 Å². The number of carboxylic acids is 1. The average molecular weight is 861 g/mol. The van der Waals surface area contributed by atoms with Gasteiger partial charge in [-0.2, -0.15) is 0 Å². The molecule has 10 nitrogen and oxygen atoms in total. The smallest absolute Gasteiger partial charge is 0.336 e. The van der Waals surface area contributed by atoms with Crippen molar-refractivity contribution in [3.05, 3.63) is 196 Å². The third kappa shape index (κ3) is 7.58. The summed E-state index contributed by atoms with van der Waals surface area (Å²) in [6.07, 6.45) is 5.70. The second-order valence-corrected chi connectivity index (χ2v) is 17.3. The first kappa shape index (κ1) is 40.6. The van der Waals surface area contributed by atoms with E-state index in [0.29, 0.717) is 28.1 Å². The number of rotatable bonds is 13. The third-order valence-electron chi connectivity index (χ3n) is 12.3. The summed E-state index contributed by atoms with van der Waals surface area (Å²) in [7, 11) is 0. The van der Waals surface area contributed by atoms with E-state index in [-0.39, 0.29) is 18.0 Å². The van der Waals surface area contributed by atoms with Gasteiger partial charge in [-0.05, 0) is 114 Å². The molecule has 0 aliphatic heterocycles. The van der Waals surface area contributed by atoms with Crippen LogP contribution in [0.2, 0.25) is 0 Å². The van der Waals surface area contributed by atoms with E-state index in [1.807, 2.05) is 91.0 Å². The Morgan fingerprint density at radius 1 is 0.719 bits per heavy atom. The lowest BCUT2D eigenvalue weighted by atomic mass is 9.77. The molecule has 0 radical (unpaired) electrons. The van der Waals surface area contributed by atoms with Gasteiger partial charge in [0.15, 0.2) is 11.3 Å². The van der Waals surface area contributed by atoms with Gasteiger partial charge in [0, 0.05) is 27.6 Å². The van der Waals surface area contributed by atoms with E-state index in [4.69, 9.17) is 25.1 Å². The van der Waals surface area contributed by atoms with Gasteiger partial charge in [-0.25, -0.2) is 9.78 Å². The van der Waals surface area contributed by atoms with E-state index >= 15 is 0 Å². The minimum atomic E-state index is -1.03. The van der Waals surface area contributed by atoms with Gasteiger partial charge in [0.25, 0.3) is 0 Å². The van der Waals surface area contributed by atoms with Crippen molar-refractivity contribution in [1.29, 1.82) is 0 Å². The Balaban J connectivity index is 0.983. The highest BCUT2D eigenvalue weighted by molar-refractivity contribution is 7.17. The highest BCUT2D eigenvalue weighted by Gasteiger charge is 2.41. The molecule has 9 aromatic rings. The Hall–Kier alpha value is -7.50. The van der Waals surface area contributed by atoms with E-state index in [2.05, 4.69) is 59.2 Å². The maximum atomic E-state index is 12.2. The van der Waals surface area contributed by atoms with Crippen LogP contribution in [0.5, 0.6) is 5.75 Å². The second kappa shape index (κ2) is 17.3. The minimum Gasteiger partial charge on any atom is -0.489 e. The number of thiophene rings is 1. The summed E-state index contributed by atoms with van der Waals surface area (Å²) in [6, 6.07) is 54.3. The largest absolute Gasteiger partial charge is 0.489 e. The first-order valence-electron chi connectivity index (χ1n) is 21.6. The number of carbonyl (C=O) groups excluding carboxylic acids is 1. The Labute approximate surface area is 374 Å². The summed E-state index contributed by atoms with van der Waals surface area (Å²) in [5, 5.41) is 24.6. The van der Waals surface area contributed by atoms with Gasteiger partial charge < -0.3 is 14.4 Å². The molecule has 1 saturated carbocycles. The summed E-state index contributed by atoms with van der Waals surface area (Å²) < 4.78 is 8.62. The van der Waals surface area contributed by atoms with Gasteiger partial charge in [-0.1, -0.05) is 116 Å². The molecule has 11 heteroatoms. The fourth-order valence-electron chi connectivity index (χ4n) is 9.13. The maximum absolute atomic E-state index is 12.2. The normalized spacial score (nSPS) is 13.3. The van der Waals surface area contributed by atoms with Crippen molar-refractivity contribution in [2.45, 2.75) is 57.2 Å². The fourth-order valence-corrected chi connectivity index (χ4v) is 10.0. The van der Waals surface area contributed by atoms with E-state index in [1.165, 1.54) is 24.7 Å². The molecule has 10 rings (SSSR count). The molecule has 0 bridgehead atoms. The summed E-state index contributed by atoms with van der Waals surface area (Å²) >= 11 is 1.39. The Bertz CT molecular complexity index is 3000. The van der Waals surface area contributed by atoms with Crippen LogP contribution in [0.15, 0.2) is 164 Å². The number of ketones is 1. The number of aromatic nitrogens is 6. The number of ether oxygens (including phenoxy) is 1. The van der Waals surface area contributed by atoms with Crippen LogP contribution in [-0.2, 0) is 12.1 Å². The summed E-state index contributed by atoms with van der Waals surface area (Å²) in [6.45, 7) is 1.60. The molecule has 1 aliphatic carbocycles. The molecule has 3 heterocycles. The third-order valence-corrected chi connectivity index (χ3v) is 13.5. The molecule has 316 valence electrons. The first-order chi connectivity index (χ1) is 31.4. The lowest BCUT2D eigenvalue weighted by Crippen LogP contribution is -2.39. The minimum absolute atomic E-state index is 0.00308. The molecule has 0 atom stereocenters. The van der Waals surface area contributed by atoms with Crippen LogP contribution in [-0.4, -0.2) is 46.6 Å². The number of hydrogen-bond acceptors (Lipinski definition) is 8. The zero-order valence-corrected chi connectivity index (χ0v) is 36.0. The quantitative estimate of drug-likeness (QED) is 0.0897. The molecular formula is C53H44N6O4S. The van der Waals surface area contributed by atoms with Crippen LogP contribution >= 0.6 is 11.3 Å². The van der Waals surface area contributed by atoms with E-state index in [1.54, 1.807) is 23.0 Å². The topological polar surface area (TPSA) is 125 Å². The predicted molar refractivity (Wildman–Crippen MR) is 250 cm³/mol. The van der Waals surface area contributed by atoms with Crippen LogP contribution in [0.3, 0.4) is 0 Å². The average Bonchev–Trinajstić information content (AvgIpc) is 4.13. The molecular weight excluding hydrogens is 817 g/mol. The van der Waals surface area contributed by atoms with Crippen LogP contribution in [0.4, 0.5) is 0 Å². The van der Waals surface area contributed by atoms with Gasteiger partial charge in [-0.15, -0.1) is 26.3 Å². The number of fused-ring (bicyclic) bond motifs is 1. The Kier molecular flexibility index (Phi) is 11.0.